The second-order valence-electron chi connectivity index (χ2n) is 8.63. The molecule has 9 heteroatoms. The average molecular weight is 586 g/mol. The van der Waals surface area contributed by atoms with Gasteiger partial charge in [-0.1, -0.05) is 95.5 Å². The first-order valence-electron chi connectivity index (χ1n) is 12.0. The van der Waals surface area contributed by atoms with E-state index in [1.807, 2.05) is 6.07 Å². The highest BCUT2D eigenvalue weighted by Gasteiger charge is 2.32. The lowest BCUT2D eigenvalue weighted by Gasteiger charge is -2.31. The Morgan fingerprint density at radius 1 is 0.846 bits per heavy atom. The number of hydrogen-bond donors (Lipinski definition) is 1. The molecule has 0 aliphatic carbocycles. The standard InChI is InChI=1S/C30H24Cl3FN2O3/c31-23-13-12-22(26(33)16-23)17-35-30(38)29(21-6-2-1-3-7-21)36(18-20-10-14-24(34)15-11-20)28(37)19-39-27-9-5-4-8-25(27)32/h1-16,29H,17-19H2,(H,35,38)/t29-/m1/s1. The van der Waals surface area contributed by atoms with Crippen molar-refractivity contribution < 1.29 is 18.7 Å². The van der Waals surface area contributed by atoms with Crippen LogP contribution in [0, 0.1) is 5.82 Å². The summed E-state index contributed by atoms with van der Waals surface area (Å²) in [7, 11) is 0. The van der Waals surface area contributed by atoms with E-state index in [0.717, 1.165) is 0 Å². The largest absolute Gasteiger partial charge is 0.482 e. The summed E-state index contributed by atoms with van der Waals surface area (Å²) in [6, 6.07) is 25.4. The SMILES string of the molecule is O=C(NCc1ccc(Cl)cc1Cl)[C@@H](c1ccccc1)N(Cc1ccc(F)cc1)C(=O)COc1ccccc1Cl. The Bertz CT molecular complexity index is 1440. The molecular formula is C30H24Cl3FN2O3. The van der Waals surface area contributed by atoms with E-state index < -0.39 is 23.7 Å². The molecule has 0 fully saturated rings. The number of halogens is 4. The topological polar surface area (TPSA) is 58.6 Å². The predicted octanol–water partition coefficient (Wildman–Crippen LogP) is 7.25. The monoisotopic (exact) mass is 584 g/mol. The van der Waals surface area contributed by atoms with Crippen LogP contribution in [-0.4, -0.2) is 23.3 Å². The van der Waals surface area contributed by atoms with Crippen molar-refractivity contribution in [3.63, 3.8) is 0 Å². The van der Waals surface area contributed by atoms with Gasteiger partial charge in [-0.15, -0.1) is 0 Å². The lowest BCUT2D eigenvalue weighted by molar-refractivity contribution is -0.143. The summed E-state index contributed by atoms with van der Waals surface area (Å²) >= 11 is 18.5. The van der Waals surface area contributed by atoms with Gasteiger partial charge in [0.15, 0.2) is 6.61 Å². The molecule has 0 aliphatic heterocycles. The molecule has 1 atom stereocenters. The number of carbonyl (C=O) groups is 2. The molecule has 0 bridgehead atoms. The zero-order valence-corrected chi connectivity index (χ0v) is 22.9. The van der Waals surface area contributed by atoms with Crippen LogP contribution in [0.5, 0.6) is 5.75 Å². The maximum Gasteiger partial charge on any atom is 0.261 e. The fraction of sp³-hybridized carbons (Fsp3) is 0.133. The first kappa shape index (κ1) is 28.4. The fourth-order valence-electron chi connectivity index (χ4n) is 3.95. The molecule has 4 rings (SSSR count). The second kappa shape index (κ2) is 13.5. The number of para-hydroxylation sites is 1. The van der Waals surface area contributed by atoms with Gasteiger partial charge in [0.25, 0.3) is 5.91 Å². The number of benzene rings is 4. The first-order valence-corrected chi connectivity index (χ1v) is 13.1. The molecule has 200 valence electrons. The summed E-state index contributed by atoms with van der Waals surface area (Å²) in [4.78, 5) is 28.8. The van der Waals surface area contributed by atoms with Crippen molar-refractivity contribution in [2.24, 2.45) is 0 Å². The van der Waals surface area contributed by atoms with Crippen molar-refractivity contribution in [1.29, 1.82) is 0 Å². The highest BCUT2D eigenvalue weighted by molar-refractivity contribution is 6.35. The minimum atomic E-state index is -1.02. The summed E-state index contributed by atoms with van der Waals surface area (Å²) in [6.07, 6.45) is 0. The summed E-state index contributed by atoms with van der Waals surface area (Å²) in [5, 5.41) is 4.13. The van der Waals surface area contributed by atoms with E-state index >= 15 is 0 Å². The number of rotatable bonds is 10. The van der Waals surface area contributed by atoms with E-state index in [1.54, 1.807) is 78.9 Å². The number of nitrogens with zero attached hydrogens (tertiary/aromatic N) is 1. The van der Waals surface area contributed by atoms with Crippen LogP contribution < -0.4 is 10.1 Å². The van der Waals surface area contributed by atoms with Crippen LogP contribution in [0.15, 0.2) is 97.1 Å². The molecule has 0 aliphatic rings. The first-order chi connectivity index (χ1) is 18.8. The van der Waals surface area contributed by atoms with Gasteiger partial charge in [0.1, 0.15) is 17.6 Å². The molecule has 5 nitrogen and oxygen atoms in total. The molecule has 4 aromatic carbocycles. The lowest BCUT2D eigenvalue weighted by Crippen LogP contribution is -2.45. The number of ether oxygens (including phenoxy) is 1. The minimum absolute atomic E-state index is 0.0275. The van der Waals surface area contributed by atoms with E-state index in [2.05, 4.69) is 5.32 Å². The molecule has 0 spiro atoms. The smallest absolute Gasteiger partial charge is 0.261 e. The van der Waals surface area contributed by atoms with Crippen molar-refractivity contribution in [3.8, 4) is 5.75 Å². The van der Waals surface area contributed by atoms with Crippen LogP contribution in [0.2, 0.25) is 15.1 Å². The number of hydrogen-bond acceptors (Lipinski definition) is 3. The maximum absolute atomic E-state index is 13.7. The van der Waals surface area contributed by atoms with Crippen LogP contribution >= 0.6 is 34.8 Å². The van der Waals surface area contributed by atoms with E-state index in [4.69, 9.17) is 39.5 Å². The van der Waals surface area contributed by atoms with Crippen LogP contribution in [-0.2, 0) is 22.7 Å². The van der Waals surface area contributed by atoms with Gasteiger partial charge in [0.2, 0.25) is 5.91 Å². The van der Waals surface area contributed by atoms with Crippen LogP contribution in [0.1, 0.15) is 22.7 Å². The predicted molar refractivity (Wildman–Crippen MR) is 151 cm³/mol. The van der Waals surface area contributed by atoms with Crippen LogP contribution in [0.25, 0.3) is 0 Å². The normalized spacial score (nSPS) is 11.5. The third kappa shape index (κ3) is 7.73. The molecule has 0 saturated carbocycles. The highest BCUT2D eigenvalue weighted by atomic mass is 35.5. The number of carbonyl (C=O) groups excluding carboxylic acids is 2. The zero-order valence-electron chi connectivity index (χ0n) is 20.6. The third-order valence-corrected chi connectivity index (χ3v) is 6.82. The molecular weight excluding hydrogens is 562 g/mol. The third-order valence-electron chi connectivity index (χ3n) is 5.92. The molecule has 0 heterocycles. The molecule has 1 N–H and O–H groups in total. The van der Waals surface area contributed by atoms with Gasteiger partial charge in [0.05, 0.1) is 5.02 Å². The fourth-order valence-corrected chi connectivity index (χ4v) is 4.61. The molecule has 0 radical (unpaired) electrons. The Labute approximate surface area is 241 Å². The Kier molecular flexibility index (Phi) is 9.82. The van der Waals surface area contributed by atoms with Gasteiger partial charge in [-0.2, -0.15) is 0 Å². The van der Waals surface area contributed by atoms with E-state index in [0.29, 0.717) is 37.5 Å². The Morgan fingerprint density at radius 2 is 1.54 bits per heavy atom. The lowest BCUT2D eigenvalue weighted by atomic mass is 10.0. The van der Waals surface area contributed by atoms with Gasteiger partial charge >= 0.3 is 0 Å². The van der Waals surface area contributed by atoms with E-state index in [-0.39, 0.29) is 19.7 Å². The summed E-state index contributed by atoms with van der Waals surface area (Å²) in [5.41, 5.74) is 1.89. The molecule has 0 saturated heterocycles. The summed E-state index contributed by atoms with van der Waals surface area (Å²) < 4.78 is 19.3. The molecule has 4 aromatic rings. The van der Waals surface area contributed by atoms with Gasteiger partial charge in [0, 0.05) is 23.1 Å². The van der Waals surface area contributed by atoms with Gasteiger partial charge < -0.3 is 15.0 Å². The molecule has 0 aromatic heterocycles. The number of nitrogens with one attached hydrogen (secondary N) is 1. The van der Waals surface area contributed by atoms with E-state index in [1.165, 1.54) is 17.0 Å². The van der Waals surface area contributed by atoms with Crippen molar-refractivity contribution >= 4 is 46.6 Å². The quantitative estimate of drug-likeness (QED) is 0.213. The average Bonchev–Trinajstić information content (AvgIpc) is 2.93. The van der Waals surface area contributed by atoms with Crippen molar-refractivity contribution in [1.82, 2.24) is 10.2 Å². The zero-order chi connectivity index (χ0) is 27.8. The highest BCUT2D eigenvalue weighted by Crippen LogP contribution is 2.27. The molecule has 39 heavy (non-hydrogen) atoms. The van der Waals surface area contributed by atoms with Crippen molar-refractivity contribution in [3.05, 3.63) is 135 Å². The Balaban J connectivity index is 1.64. The Hall–Kier alpha value is -3.58. The number of amides is 2. The van der Waals surface area contributed by atoms with Gasteiger partial charge in [-0.25, -0.2) is 4.39 Å². The molecule has 2 amide bonds. The van der Waals surface area contributed by atoms with E-state index in [9.17, 15) is 14.0 Å². The van der Waals surface area contributed by atoms with Crippen molar-refractivity contribution in [2.75, 3.05) is 6.61 Å². The van der Waals surface area contributed by atoms with Crippen LogP contribution in [0.4, 0.5) is 4.39 Å². The second-order valence-corrected chi connectivity index (χ2v) is 9.88. The van der Waals surface area contributed by atoms with Gasteiger partial charge in [-0.3, -0.25) is 9.59 Å². The van der Waals surface area contributed by atoms with Gasteiger partial charge in [-0.05, 0) is 53.1 Å². The minimum Gasteiger partial charge on any atom is -0.482 e. The summed E-state index contributed by atoms with van der Waals surface area (Å²) in [5.74, 6) is -0.962. The molecule has 0 unspecified atom stereocenters. The summed E-state index contributed by atoms with van der Waals surface area (Å²) in [6.45, 7) is -0.225. The maximum atomic E-state index is 13.7. The van der Waals surface area contributed by atoms with Crippen LogP contribution in [0.3, 0.4) is 0 Å². The van der Waals surface area contributed by atoms with Crippen molar-refractivity contribution in [2.45, 2.75) is 19.1 Å². The Morgan fingerprint density at radius 3 is 2.23 bits per heavy atom.